The molecule has 0 saturated carbocycles. The molecule has 0 aromatic heterocycles. The van der Waals surface area contributed by atoms with E-state index in [2.05, 4.69) is 10.5 Å². The van der Waals surface area contributed by atoms with Crippen molar-refractivity contribution in [2.75, 3.05) is 5.32 Å². The minimum atomic E-state index is -3.40. The number of rotatable bonds is 4. The third-order valence-corrected chi connectivity index (χ3v) is 4.34. The highest BCUT2D eigenvalue weighted by atomic mass is 19.3. The minimum Gasteiger partial charge on any atom is -0.355 e. The summed E-state index contributed by atoms with van der Waals surface area (Å²) in [5.74, 6) is -3.40. The lowest BCUT2D eigenvalue weighted by Crippen LogP contribution is -2.53. The van der Waals surface area contributed by atoms with E-state index in [1.807, 2.05) is 6.07 Å². The smallest absolute Gasteiger partial charge is 0.355 e. The second-order valence-corrected chi connectivity index (χ2v) is 6.01. The summed E-state index contributed by atoms with van der Waals surface area (Å²) in [6.45, 7) is 0. The van der Waals surface area contributed by atoms with E-state index < -0.39 is 17.4 Å². The van der Waals surface area contributed by atoms with Gasteiger partial charge in [0.2, 0.25) is 0 Å². The Balaban J connectivity index is 1.83. The van der Waals surface area contributed by atoms with Crippen molar-refractivity contribution < 1.29 is 13.6 Å². The molecule has 26 heavy (non-hydrogen) atoms. The molecule has 0 amide bonds. The van der Waals surface area contributed by atoms with Crippen LogP contribution in [0.3, 0.4) is 0 Å². The fourth-order valence-corrected chi connectivity index (χ4v) is 3.03. The van der Waals surface area contributed by atoms with E-state index in [0.29, 0.717) is 16.8 Å². The van der Waals surface area contributed by atoms with Crippen molar-refractivity contribution in [3.8, 4) is 0 Å². The van der Waals surface area contributed by atoms with Gasteiger partial charge in [0.25, 0.3) is 0 Å². The summed E-state index contributed by atoms with van der Waals surface area (Å²) in [4.78, 5) is 5.44. The van der Waals surface area contributed by atoms with Crippen LogP contribution >= 0.6 is 0 Å². The number of benzene rings is 3. The first-order valence-electron chi connectivity index (χ1n) is 8.22. The van der Waals surface area contributed by atoms with E-state index in [1.165, 1.54) is 0 Å². The van der Waals surface area contributed by atoms with Gasteiger partial charge >= 0.3 is 11.6 Å². The SMILES string of the molecule is FC1(F)C(c2ccccc2)=NOC1(Nc1ccccc1)c1ccccc1. The molecule has 0 spiro atoms. The molecule has 1 N–H and O–H groups in total. The Bertz CT molecular complexity index is 915. The predicted molar refractivity (Wildman–Crippen MR) is 97.2 cm³/mol. The van der Waals surface area contributed by atoms with Gasteiger partial charge in [0.1, 0.15) is 0 Å². The molecule has 1 atom stereocenters. The highest BCUT2D eigenvalue weighted by Gasteiger charge is 2.66. The Morgan fingerprint density at radius 1 is 0.731 bits per heavy atom. The second kappa shape index (κ2) is 6.26. The predicted octanol–water partition coefficient (Wildman–Crippen LogP) is 5.02. The van der Waals surface area contributed by atoms with Crippen molar-refractivity contribution in [3.05, 3.63) is 102 Å². The molecule has 1 unspecified atom stereocenters. The molecule has 1 aliphatic rings. The summed E-state index contributed by atoms with van der Waals surface area (Å²) in [5, 5.41) is 6.66. The minimum absolute atomic E-state index is 0.295. The first-order chi connectivity index (χ1) is 12.6. The largest absolute Gasteiger partial charge is 0.357 e. The van der Waals surface area contributed by atoms with Crippen molar-refractivity contribution >= 4 is 11.4 Å². The first-order valence-corrected chi connectivity index (χ1v) is 8.22. The van der Waals surface area contributed by atoms with E-state index in [-0.39, 0.29) is 0 Å². The second-order valence-electron chi connectivity index (χ2n) is 6.01. The summed E-state index contributed by atoms with van der Waals surface area (Å²) in [7, 11) is 0. The van der Waals surface area contributed by atoms with Crippen LogP contribution in [0.5, 0.6) is 0 Å². The van der Waals surface area contributed by atoms with Crippen molar-refractivity contribution in [1.82, 2.24) is 0 Å². The van der Waals surface area contributed by atoms with Gasteiger partial charge in [-0.1, -0.05) is 84.0 Å². The maximum absolute atomic E-state index is 15.7. The molecule has 3 aromatic rings. The van der Waals surface area contributed by atoms with Gasteiger partial charge in [-0.15, -0.1) is 0 Å². The zero-order chi connectivity index (χ0) is 18.0. The molecule has 130 valence electrons. The molecule has 0 fully saturated rings. The fourth-order valence-electron chi connectivity index (χ4n) is 3.03. The molecular formula is C21H16F2N2O. The van der Waals surface area contributed by atoms with Crippen molar-refractivity contribution in [2.45, 2.75) is 11.6 Å². The van der Waals surface area contributed by atoms with E-state index in [4.69, 9.17) is 4.84 Å². The van der Waals surface area contributed by atoms with Crippen LogP contribution in [-0.4, -0.2) is 11.6 Å². The number of nitrogens with one attached hydrogen (secondary N) is 1. The maximum Gasteiger partial charge on any atom is 0.357 e. The summed E-state index contributed by atoms with van der Waals surface area (Å²) in [6, 6.07) is 25.5. The van der Waals surface area contributed by atoms with Gasteiger partial charge < -0.3 is 10.2 Å². The van der Waals surface area contributed by atoms with Crippen LogP contribution in [0.1, 0.15) is 11.1 Å². The van der Waals surface area contributed by atoms with Gasteiger partial charge in [-0.25, -0.2) is 0 Å². The average Bonchev–Trinajstić information content (AvgIpc) is 2.95. The monoisotopic (exact) mass is 350 g/mol. The van der Waals surface area contributed by atoms with Crippen molar-refractivity contribution in [2.24, 2.45) is 5.16 Å². The van der Waals surface area contributed by atoms with E-state index in [1.54, 1.807) is 84.9 Å². The summed E-state index contributed by atoms with van der Waals surface area (Å²) >= 11 is 0. The van der Waals surface area contributed by atoms with Crippen LogP contribution in [0, 0.1) is 0 Å². The van der Waals surface area contributed by atoms with Crippen LogP contribution in [-0.2, 0) is 10.6 Å². The number of para-hydroxylation sites is 1. The highest BCUT2D eigenvalue weighted by molar-refractivity contribution is 6.07. The van der Waals surface area contributed by atoms with Gasteiger partial charge in [0, 0.05) is 16.8 Å². The van der Waals surface area contributed by atoms with Crippen LogP contribution in [0.4, 0.5) is 14.5 Å². The fraction of sp³-hybridized carbons (Fsp3) is 0.0952. The number of alkyl halides is 2. The number of hydrogen-bond donors (Lipinski definition) is 1. The van der Waals surface area contributed by atoms with Gasteiger partial charge in [0.05, 0.1) is 0 Å². The summed E-state index contributed by atoms with van der Waals surface area (Å²) < 4.78 is 31.3. The highest BCUT2D eigenvalue weighted by Crippen LogP contribution is 2.48. The molecule has 0 radical (unpaired) electrons. The molecule has 4 rings (SSSR count). The third kappa shape index (κ3) is 2.52. The molecule has 0 aliphatic carbocycles. The normalized spacial score (nSPS) is 20.9. The van der Waals surface area contributed by atoms with Crippen molar-refractivity contribution in [1.29, 1.82) is 0 Å². The number of oxime groups is 1. The maximum atomic E-state index is 15.7. The quantitative estimate of drug-likeness (QED) is 0.717. The standard InChI is InChI=1S/C21H16F2N2O/c22-20(23)19(16-10-4-1-5-11-16)25-26-21(20,17-12-6-2-7-13-17)24-18-14-8-3-9-15-18/h1-15,24H. The molecule has 1 aliphatic heterocycles. The van der Waals surface area contributed by atoms with Gasteiger partial charge in [0.15, 0.2) is 5.71 Å². The lowest BCUT2D eigenvalue weighted by molar-refractivity contribution is -0.135. The van der Waals surface area contributed by atoms with Crippen LogP contribution in [0.15, 0.2) is 96.2 Å². The Morgan fingerprint density at radius 2 is 1.27 bits per heavy atom. The third-order valence-electron chi connectivity index (χ3n) is 4.34. The van der Waals surface area contributed by atoms with E-state index in [9.17, 15) is 0 Å². The first kappa shape index (κ1) is 16.3. The van der Waals surface area contributed by atoms with Crippen molar-refractivity contribution in [3.63, 3.8) is 0 Å². The molecule has 3 aromatic carbocycles. The Morgan fingerprint density at radius 3 is 1.88 bits per heavy atom. The molecular weight excluding hydrogens is 334 g/mol. The average molecular weight is 350 g/mol. The number of hydrogen-bond acceptors (Lipinski definition) is 3. The van der Waals surface area contributed by atoms with Crippen LogP contribution in [0.2, 0.25) is 0 Å². The Hall–Kier alpha value is -3.21. The number of halogens is 2. The van der Waals surface area contributed by atoms with E-state index in [0.717, 1.165) is 0 Å². The number of anilines is 1. The van der Waals surface area contributed by atoms with Gasteiger partial charge in [-0.05, 0) is 12.1 Å². The molecule has 3 nitrogen and oxygen atoms in total. The molecule has 5 heteroatoms. The Labute approximate surface area is 149 Å². The van der Waals surface area contributed by atoms with Gasteiger partial charge in [-0.2, -0.15) is 8.78 Å². The molecule has 0 bridgehead atoms. The zero-order valence-electron chi connectivity index (χ0n) is 13.8. The zero-order valence-corrected chi connectivity index (χ0v) is 13.8. The Kier molecular flexibility index (Phi) is 3.92. The summed E-state index contributed by atoms with van der Waals surface area (Å²) in [5.41, 5.74) is -1.39. The molecule has 1 heterocycles. The molecule has 0 saturated heterocycles. The van der Waals surface area contributed by atoms with E-state index >= 15 is 8.78 Å². The van der Waals surface area contributed by atoms with Gasteiger partial charge in [-0.3, -0.25) is 0 Å². The van der Waals surface area contributed by atoms with Crippen LogP contribution in [0.25, 0.3) is 0 Å². The topological polar surface area (TPSA) is 33.6 Å². The lowest BCUT2D eigenvalue weighted by atomic mass is 9.90. The number of nitrogens with zero attached hydrogens (tertiary/aromatic N) is 1. The lowest BCUT2D eigenvalue weighted by Gasteiger charge is -2.34. The summed E-state index contributed by atoms with van der Waals surface area (Å²) in [6.07, 6.45) is 0. The van der Waals surface area contributed by atoms with Crippen LogP contribution < -0.4 is 5.32 Å².